The second kappa shape index (κ2) is 8.75. The van der Waals surface area contributed by atoms with Crippen LogP contribution >= 0.6 is 11.6 Å². The first-order valence-electron chi connectivity index (χ1n) is 9.98. The summed E-state index contributed by atoms with van der Waals surface area (Å²) in [6, 6.07) is 12.9. The maximum absolute atomic E-state index is 12.7. The molecule has 1 aliphatic rings. The predicted octanol–water partition coefficient (Wildman–Crippen LogP) is 4.21. The van der Waals surface area contributed by atoms with E-state index < -0.39 is 0 Å². The zero-order chi connectivity index (χ0) is 21.1. The summed E-state index contributed by atoms with van der Waals surface area (Å²) in [5, 5.41) is 4.58. The molecule has 7 nitrogen and oxygen atoms in total. The Labute approximate surface area is 180 Å². The van der Waals surface area contributed by atoms with Crippen molar-refractivity contribution in [3.63, 3.8) is 0 Å². The Morgan fingerprint density at radius 1 is 1.13 bits per heavy atom. The minimum Gasteiger partial charge on any atom is -0.497 e. The monoisotopic (exact) mass is 425 g/mol. The van der Waals surface area contributed by atoms with Gasteiger partial charge in [0.15, 0.2) is 0 Å². The zero-order valence-corrected chi connectivity index (χ0v) is 17.8. The Morgan fingerprint density at radius 2 is 1.93 bits per heavy atom. The highest BCUT2D eigenvalue weighted by molar-refractivity contribution is 6.31. The minimum absolute atomic E-state index is 0.114. The molecule has 0 radical (unpaired) electrons. The van der Waals surface area contributed by atoms with E-state index in [0.29, 0.717) is 42.6 Å². The molecule has 2 heterocycles. The standard InChI is InChI=1S/C22H24ClN5O2/c1-3-20-25-19-13-15(23)7-8-18(19)21(26-20)27-9-11-28(12-10-27)22(29)24-16-5-4-6-17(14-16)30-2/h4-8,13-14H,3,9-12H2,1-2H3,(H,24,29). The van der Waals surface area contributed by atoms with Crippen molar-refractivity contribution in [2.24, 2.45) is 0 Å². The fraction of sp³-hybridized carbons (Fsp3) is 0.318. The van der Waals surface area contributed by atoms with Crippen LogP contribution in [0.3, 0.4) is 0 Å². The van der Waals surface area contributed by atoms with Crippen molar-refractivity contribution in [3.8, 4) is 5.75 Å². The summed E-state index contributed by atoms with van der Waals surface area (Å²) in [5.41, 5.74) is 1.57. The Morgan fingerprint density at radius 3 is 2.67 bits per heavy atom. The van der Waals surface area contributed by atoms with Crippen LogP contribution in [0.4, 0.5) is 16.3 Å². The molecule has 1 saturated heterocycles. The molecule has 2 aromatic carbocycles. The number of ether oxygens (including phenoxy) is 1. The lowest BCUT2D eigenvalue weighted by Crippen LogP contribution is -2.50. The molecule has 3 aromatic rings. The summed E-state index contributed by atoms with van der Waals surface area (Å²) in [4.78, 5) is 26.1. The van der Waals surface area contributed by atoms with Crippen LogP contribution in [0.5, 0.6) is 5.75 Å². The van der Waals surface area contributed by atoms with Gasteiger partial charge in [-0.15, -0.1) is 0 Å². The second-order valence-corrected chi connectivity index (χ2v) is 7.55. The molecule has 0 bridgehead atoms. The van der Waals surface area contributed by atoms with Crippen LogP contribution in [0.2, 0.25) is 5.02 Å². The van der Waals surface area contributed by atoms with Gasteiger partial charge in [0.2, 0.25) is 0 Å². The number of hydrogen-bond acceptors (Lipinski definition) is 5. The number of urea groups is 1. The topological polar surface area (TPSA) is 70.6 Å². The zero-order valence-electron chi connectivity index (χ0n) is 17.1. The molecule has 4 rings (SSSR count). The first-order valence-corrected chi connectivity index (χ1v) is 10.4. The summed E-state index contributed by atoms with van der Waals surface area (Å²) in [7, 11) is 1.61. The van der Waals surface area contributed by atoms with Gasteiger partial charge in [-0.1, -0.05) is 24.6 Å². The molecular weight excluding hydrogens is 402 g/mol. The van der Waals surface area contributed by atoms with Crippen LogP contribution in [0.25, 0.3) is 10.9 Å². The number of carbonyl (C=O) groups excluding carboxylic acids is 1. The number of aryl methyl sites for hydroxylation is 1. The van der Waals surface area contributed by atoms with E-state index in [9.17, 15) is 4.79 Å². The second-order valence-electron chi connectivity index (χ2n) is 7.11. The number of aromatic nitrogens is 2. The summed E-state index contributed by atoms with van der Waals surface area (Å²) in [5.74, 6) is 2.40. The highest BCUT2D eigenvalue weighted by atomic mass is 35.5. The van der Waals surface area contributed by atoms with Gasteiger partial charge in [-0.25, -0.2) is 14.8 Å². The van der Waals surface area contributed by atoms with Crippen LogP contribution in [0.15, 0.2) is 42.5 Å². The van der Waals surface area contributed by atoms with Crippen molar-refractivity contribution in [3.05, 3.63) is 53.3 Å². The number of anilines is 2. The van der Waals surface area contributed by atoms with Crippen molar-refractivity contribution in [2.45, 2.75) is 13.3 Å². The van der Waals surface area contributed by atoms with Crippen LogP contribution in [-0.2, 0) is 6.42 Å². The van der Waals surface area contributed by atoms with Crippen molar-refractivity contribution in [1.29, 1.82) is 0 Å². The molecule has 1 fully saturated rings. The van der Waals surface area contributed by atoms with E-state index in [1.165, 1.54) is 0 Å². The number of amides is 2. The van der Waals surface area contributed by atoms with Gasteiger partial charge in [0.1, 0.15) is 17.4 Å². The van der Waals surface area contributed by atoms with Crippen LogP contribution in [-0.4, -0.2) is 54.2 Å². The lowest BCUT2D eigenvalue weighted by molar-refractivity contribution is 0.208. The fourth-order valence-electron chi connectivity index (χ4n) is 3.56. The SMILES string of the molecule is CCc1nc(N2CCN(C(=O)Nc3cccc(OC)c3)CC2)c2ccc(Cl)cc2n1. The van der Waals surface area contributed by atoms with E-state index in [1.807, 2.05) is 48.2 Å². The Bertz CT molecular complexity index is 1070. The van der Waals surface area contributed by atoms with Crippen LogP contribution < -0.4 is 15.0 Å². The smallest absolute Gasteiger partial charge is 0.321 e. The molecule has 0 saturated carbocycles. The van der Waals surface area contributed by atoms with Crippen molar-refractivity contribution in [1.82, 2.24) is 14.9 Å². The number of carbonyl (C=O) groups is 1. The third-order valence-corrected chi connectivity index (χ3v) is 5.42. The number of halogens is 1. The Kier molecular flexibility index (Phi) is 5.90. The van der Waals surface area contributed by atoms with Gasteiger partial charge in [-0.2, -0.15) is 0 Å². The van der Waals surface area contributed by atoms with Gasteiger partial charge in [0.25, 0.3) is 0 Å². The lowest BCUT2D eigenvalue weighted by Gasteiger charge is -2.36. The van der Waals surface area contributed by atoms with Crippen LogP contribution in [0.1, 0.15) is 12.7 Å². The molecule has 0 atom stereocenters. The van der Waals surface area contributed by atoms with Gasteiger partial charge in [0.05, 0.1) is 12.6 Å². The van der Waals surface area contributed by atoms with Gasteiger partial charge in [-0.3, -0.25) is 0 Å². The lowest BCUT2D eigenvalue weighted by atomic mass is 10.2. The molecule has 0 aliphatic carbocycles. The van der Waals surface area contributed by atoms with E-state index in [-0.39, 0.29) is 6.03 Å². The summed E-state index contributed by atoms with van der Waals surface area (Å²) in [6.45, 7) is 4.65. The van der Waals surface area contributed by atoms with Crippen LogP contribution in [0, 0.1) is 0 Å². The van der Waals surface area contributed by atoms with Crippen molar-refractivity contribution >= 4 is 40.0 Å². The van der Waals surface area contributed by atoms with Crippen molar-refractivity contribution in [2.75, 3.05) is 43.5 Å². The number of nitrogens with one attached hydrogen (secondary N) is 1. The van der Waals surface area contributed by atoms with Gasteiger partial charge < -0.3 is 19.9 Å². The molecule has 1 aliphatic heterocycles. The third-order valence-electron chi connectivity index (χ3n) is 5.19. The number of piperazine rings is 1. The van der Waals surface area contributed by atoms with Crippen molar-refractivity contribution < 1.29 is 9.53 Å². The number of nitrogens with zero attached hydrogens (tertiary/aromatic N) is 4. The maximum atomic E-state index is 12.7. The molecule has 1 aromatic heterocycles. The quantitative estimate of drug-likeness (QED) is 0.678. The highest BCUT2D eigenvalue weighted by Gasteiger charge is 2.24. The van der Waals surface area contributed by atoms with E-state index in [4.69, 9.17) is 21.3 Å². The predicted molar refractivity (Wildman–Crippen MR) is 120 cm³/mol. The summed E-state index contributed by atoms with van der Waals surface area (Å²) < 4.78 is 5.21. The van der Waals surface area contributed by atoms with E-state index in [1.54, 1.807) is 13.2 Å². The number of rotatable bonds is 4. The molecule has 30 heavy (non-hydrogen) atoms. The Balaban J connectivity index is 1.47. The number of hydrogen-bond donors (Lipinski definition) is 1. The molecule has 8 heteroatoms. The summed E-state index contributed by atoms with van der Waals surface area (Å²) in [6.07, 6.45) is 0.748. The first kappa shape index (κ1) is 20.2. The normalized spacial score (nSPS) is 14.1. The molecule has 0 unspecified atom stereocenters. The number of methoxy groups -OCH3 is 1. The highest BCUT2D eigenvalue weighted by Crippen LogP contribution is 2.27. The molecule has 156 valence electrons. The first-order chi connectivity index (χ1) is 14.6. The summed E-state index contributed by atoms with van der Waals surface area (Å²) >= 11 is 6.16. The molecule has 0 spiro atoms. The van der Waals surface area contributed by atoms with E-state index in [2.05, 4.69) is 15.2 Å². The van der Waals surface area contributed by atoms with Gasteiger partial charge in [-0.05, 0) is 30.3 Å². The minimum atomic E-state index is -0.114. The number of benzene rings is 2. The maximum Gasteiger partial charge on any atom is 0.321 e. The Hall–Kier alpha value is -3.06. The third kappa shape index (κ3) is 4.26. The van der Waals surface area contributed by atoms with E-state index in [0.717, 1.165) is 29.0 Å². The van der Waals surface area contributed by atoms with Gasteiger partial charge >= 0.3 is 6.03 Å². The molecule has 1 N–H and O–H groups in total. The van der Waals surface area contributed by atoms with E-state index >= 15 is 0 Å². The average molecular weight is 426 g/mol. The average Bonchev–Trinajstić information content (AvgIpc) is 2.78. The largest absolute Gasteiger partial charge is 0.497 e. The molecular formula is C22H24ClN5O2. The number of fused-ring (bicyclic) bond motifs is 1. The van der Waals surface area contributed by atoms with Gasteiger partial charge in [0, 0.05) is 54.8 Å². The fourth-order valence-corrected chi connectivity index (χ4v) is 3.72. The molecule has 2 amide bonds.